The number of amides is 2. The van der Waals surface area contributed by atoms with Crippen molar-refractivity contribution in [1.82, 2.24) is 15.1 Å². The number of imide groups is 1. The molecule has 2 aliphatic heterocycles. The highest BCUT2D eigenvalue weighted by Crippen LogP contribution is 2.23. The second-order valence-electron chi connectivity index (χ2n) is 5.99. The monoisotopic (exact) mass is 341 g/mol. The van der Waals surface area contributed by atoms with Gasteiger partial charge in [-0.15, -0.1) is 0 Å². The number of benzene rings is 1. The molecule has 8 heteroatoms. The van der Waals surface area contributed by atoms with Crippen LogP contribution in [0.1, 0.15) is 49.8 Å². The van der Waals surface area contributed by atoms with Gasteiger partial charge in [-0.2, -0.15) is 0 Å². The van der Waals surface area contributed by atoms with Gasteiger partial charge in [0.1, 0.15) is 0 Å². The lowest BCUT2D eigenvalue weighted by Crippen LogP contribution is -2.32. The molecule has 2 amide bonds. The summed E-state index contributed by atoms with van der Waals surface area (Å²) in [6, 6.07) is 7.76. The predicted octanol–water partition coefficient (Wildman–Crippen LogP) is 1.64. The molecule has 1 saturated heterocycles. The van der Waals surface area contributed by atoms with Gasteiger partial charge in [0.05, 0.1) is 17.7 Å². The van der Waals surface area contributed by atoms with Crippen LogP contribution in [0.3, 0.4) is 0 Å². The van der Waals surface area contributed by atoms with Gasteiger partial charge in [-0.25, -0.2) is 4.79 Å². The van der Waals surface area contributed by atoms with Crippen LogP contribution in [0.25, 0.3) is 0 Å². The Balaban J connectivity index is 1.45. The Labute approximate surface area is 142 Å². The maximum Gasteiger partial charge on any atom is 0.385 e. The van der Waals surface area contributed by atoms with Gasteiger partial charge in [0, 0.05) is 6.07 Å². The smallest absolute Gasteiger partial charge is 0.359 e. The van der Waals surface area contributed by atoms with Crippen LogP contribution in [0.5, 0.6) is 0 Å². The van der Waals surface area contributed by atoms with Gasteiger partial charge in [0.25, 0.3) is 11.8 Å². The first-order chi connectivity index (χ1) is 12.1. The van der Waals surface area contributed by atoms with E-state index in [0.717, 1.165) is 25.9 Å². The minimum atomic E-state index is -0.911. The molecule has 3 heterocycles. The molecule has 8 nitrogen and oxygen atoms in total. The Hall–Kier alpha value is -3.00. The van der Waals surface area contributed by atoms with Crippen LogP contribution in [0, 0.1) is 0 Å². The normalized spacial score (nSPS) is 17.2. The standard InChI is InChI=1S/C17H15N3O5/c21-15-12-5-1-2-6-13(12)16(22)20(15)25-17(23)14-9-11(24-18-14)10-19-7-3-4-8-19/h1-2,5-6,9H,3-4,7-8,10H2. The molecule has 1 fully saturated rings. The van der Waals surface area contributed by atoms with E-state index in [1.165, 1.54) is 18.2 Å². The summed E-state index contributed by atoms with van der Waals surface area (Å²) in [5.41, 5.74) is 0.330. The molecule has 2 aliphatic rings. The molecule has 0 saturated carbocycles. The summed E-state index contributed by atoms with van der Waals surface area (Å²) in [6.45, 7) is 2.53. The van der Waals surface area contributed by atoms with E-state index >= 15 is 0 Å². The van der Waals surface area contributed by atoms with Crippen molar-refractivity contribution in [2.24, 2.45) is 0 Å². The molecule has 0 unspecified atom stereocenters. The molecule has 0 spiro atoms. The number of rotatable bonds is 4. The van der Waals surface area contributed by atoms with Crippen molar-refractivity contribution in [3.63, 3.8) is 0 Å². The second-order valence-corrected chi connectivity index (χ2v) is 5.99. The number of carbonyl (C=O) groups is 3. The number of likely N-dealkylation sites (tertiary alicyclic amines) is 1. The first-order valence-corrected chi connectivity index (χ1v) is 8.01. The zero-order chi connectivity index (χ0) is 17.4. The van der Waals surface area contributed by atoms with Gasteiger partial charge in [-0.05, 0) is 38.1 Å². The second kappa shape index (κ2) is 6.14. The highest BCUT2D eigenvalue weighted by molar-refractivity contribution is 6.21. The zero-order valence-electron chi connectivity index (χ0n) is 13.3. The van der Waals surface area contributed by atoms with E-state index in [-0.39, 0.29) is 16.8 Å². The van der Waals surface area contributed by atoms with Crippen molar-refractivity contribution in [1.29, 1.82) is 0 Å². The molecule has 4 rings (SSSR count). The largest absolute Gasteiger partial charge is 0.385 e. The van der Waals surface area contributed by atoms with Gasteiger partial charge in [0.2, 0.25) is 0 Å². The van der Waals surface area contributed by atoms with Gasteiger partial charge in [-0.3, -0.25) is 14.5 Å². The molecule has 25 heavy (non-hydrogen) atoms. The van der Waals surface area contributed by atoms with Crippen molar-refractivity contribution in [2.75, 3.05) is 13.1 Å². The molecule has 0 radical (unpaired) electrons. The number of nitrogens with zero attached hydrogens (tertiary/aromatic N) is 3. The lowest BCUT2D eigenvalue weighted by atomic mass is 10.1. The fourth-order valence-corrected chi connectivity index (χ4v) is 3.02. The Kier molecular flexibility index (Phi) is 3.81. The van der Waals surface area contributed by atoms with Crippen LogP contribution in [0.15, 0.2) is 34.9 Å². The average Bonchev–Trinajstić information content (AvgIpc) is 3.34. The summed E-state index contributed by atoms with van der Waals surface area (Å²) >= 11 is 0. The highest BCUT2D eigenvalue weighted by Gasteiger charge is 2.39. The predicted molar refractivity (Wildman–Crippen MR) is 83.4 cm³/mol. The van der Waals surface area contributed by atoms with E-state index in [9.17, 15) is 14.4 Å². The SMILES string of the molecule is O=C(ON1C(=O)c2ccccc2C1=O)c1cc(CN2CCCC2)on1. The number of hydrogen-bond acceptors (Lipinski definition) is 7. The molecule has 128 valence electrons. The Morgan fingerprint density at radius 3 is 2.40 bits per heavy atom. The van der Waals surface area contributed by atoms with Crippen molar-refractivity contribution in [3.05, 3.63) is 52.9 Å². The third kappa shape index (κ3) is 2.80. The Bertz CT molecular complexity index is 818. The summed E-state index contributed by atoms with van der Waals surface area (Å²) in [4.78, 5) is 43.7. The number of carbonyl (C=O) groups excluding carboxylic acids is 3. The third-order valence-electron chi connectivity index (χ3n) is 4.28. The van der Waals surface area contributed by atoms with E-state index in [2.05, 4.69) is 10.1 Å². The third-order valence-corrected chi connectivity index (χ3v) is 4.28. The van der Waals surface area contributed by atoms with Crippen LogP contribution < -0.4 is 0 Å². The van der Waals surface area contributed by atoms with Gasteiger partial charge >= 0.3 is 5.97 Å². The molecular formula is C17H15N3O5. The molecule has 1 aromatic heterocycles. The lowest BCUT2D eigenvalue weighted by Gasteiger charge is -2.11. The van der Waals surface area contributed by atoms with Gasteiger partial charge in [-0.1, -0.05) is 22.4 Å². The first-order valence-electron chi connectivity index (χ1n) is 8.01. The summed E-state index contributed by atoms with van der Waals surface area (Å²) in [7, 11) is 0. The van der Waals surface area contributed by atoms with E-state index in [4.69, 9.17) is 9.36 Å². The lowest BCUT2D eigenvalue weighted by molar-refractivity contribution is -0.0590. The van der Waals surface area contributed by atoms with Crippen molar-refractivity contribution in [3.8, 4) is 0 Å². The molecule has 0 atom stereocenters. The first kappa shape index (κ1) is 15.5. The molecule has 1 aromatic carbocycles. The van der Waals surface area contributed by atoms with Crippen molar-refractivity contribution in [2.45, 2.75) is 19.4 Å². The quantitative estimate of drug-likeness (QED) is 0.780. The number of aromatic nitrogens is 1. The fraction of sp³-hybridized carbons (Fsp3) is 0.294. The summed E-state index contributed by atoms with van der Waals surface area (Å²) < 4.78 is 5.15. The van der Waals surface area contributed by atoms with Crippen molar-refractivity contribution < 1.29 is 23.7 Å². The Morgan fingerprint density at radius 1 is 1.12 bits per heavy atom. The van der Waals surface area contributed by atoms with Gasteiger partial charge in [0.15, 0.2) is 11.5 Å². The van der Waals surface area contributed by atoms with Crippen LogP contribution in [0.4, 0.5) is 0 Å². The zero-order valence-corrected chi connectivity index (χ0v) is 13.3. The van der Waals surface area contributed by atoms with Crippen LogP contribution in [-0.4, -0.2) is 46.0 Å². The summed E-state index contributed by atoms with van der Waals surface area (Å²) in [5.74, 6) is -1.72. The maximum absolute atomic E-state index is 12.2. The Morgan fingerprint density at radius 2 is 1.76 bits per heavy atom. The molecule has 2 aromatic rings. The van der Waals surface area contributed by atoms with Gasteiger partial charge < -0.3 is 9.36 Å². The summed E-state index contributed by atoms with van der Waals surface area (Å²) in [6.07, 6.45) is 2.28. The minimum absolute atomic E-state index is 0.0780. The summed E-state index contributed by atoms with van der Waals surface area (Å²) in [5, 5.41) is 4.13. The molecule has 0 aliphatic carbocycles. The van der Waals surface area contributed by atoms with Crippen molar-refractivity contribution >= 4 is 17.8 Å². The van der Waals surface area contributed by atoms with Crippen LogP contribution in [0.2, 0.25) is 0 Å². The minimum Gasteiger partial charge on any atom is -0.359 e. The highest BCUT2D eigenvalue weighted by atomic mass is 16.7. The maximum atomic E-state index is 12.2. The van der Waals surface area contributed by atoms with E-state index in [0.29, 0.717) is 17.4 Å². The fourth-order valence-electron chi connectivity index (χ4n) is 3.02. The van der Waals surface area contributed by atoms with Crippen LogP contribution in [-0.2, 0) is 11.4 Å². The average molecular weight is 341 g/mol. The number of fused-ring (bicyclic) bond motifs is 1. The number of hydrogen-bond donors (Lipinski definition) is 0. The van der Waals surface area contributed by atoms with Crippen LogP contribution >= 0.6 is 0 Å². The van der Waals surface area contributed by atoms with E-state index in [1.54, 1.807) is 12.1 Å². The molecule has 0 N–H and O–H groups in total. The van der Waals surface area contributed by atoms with E-state index in [1.807, 2.05) is 0 Å². The molecule has 0 bridgehead atoms. The number of hydroxylamine groups is 2. The molecular weight excluding hydrogens is 326 g/mol. The van der Waals surface area contributed by atoms with E-state index < -0.39 is 17.8 Å². The topological polar surface area (TPSA) is 93.0 Å².